The Labute approximate surface area is 74.0 Å². The van der Waals surface area contributed by atoms with Gasteiger partial charge in [-0.05, 0) is 24.8 Å². The maximum absolute atomic E-state index is 3.90. The van der Waals surface area contributed by atoms with Crippen LogP contribution in [0.5, 0.6) is 0 Å². The van der Waals surface area contributed by atoms with Crippen LogP contribution in [-0.4, -0.2) is 0 Å². The molecule has 0 aromatic rings. The molecule has 2 atom stereocenters. The van der Waals surface area contributed by atoms with Gasteiger partial charge in [0, 0.05) is 5.41 Å². The molecule has 0 spiro atoms. The highest BCUT2D eigenvalue weighted by molar-refractivity contribution is 5.48. The molecule has 0 bridgehead atoms. The first kappa shape index (κ1) is 7.60. The summed E-state index contributed by atoms with van der Waals surface area (Å²) in [7, 11) is 0. The van der Waals surface area contributed by atoms with E-state index in [1.165, 1.54) is 17.6 Å². The Morgan fingerprint density at radius 1 is 1.58 bits per heavy atom. The summed E-state index contributed by atoms with van der Waals surface area (Å²) in [5.74, 6) is 0.702. The van der Waals surface area contributed by atoms with Crippen molar-refractivity contribution < 1.29 is 0 Å². The van der Waals surface area contributed by atoms with Crippen molar-refractivity contribution in [3.05, 3.63) is 48.6 Å². The van der Waals surface area contributed by atoms with E-state index in [9.17, 15) is 0 Å². The standard InChI is InChI=1S/C12H14/c1-4-10-6-9(3)7-11-8-12(10,11)5-2/h4-7,11H,1-2,8H2,3H3. The number of rotatable bonds is 2. The minimum absolute atomic E-state index is 0.265. The average molecular weight is 158 g/mol. The Morgan fingerprint density at radius 3 is 2.92 bits per heavy atom. The fourth-order valence-corrected chi connectivity index (χ4v) is 2.19. The van der Waals surface area contributed by atoms with Crippen molar-refractivity contribution in [2.24, 2.45) is 11.3 Å². The molecule has 2 rings (SSSR count). The largest absolute Gasteiger partial charge is 0.102 e. The zero-order valence-corrected chi connectivity index (χ0v) is 7.51. The van der Waals surface area contributed by atoms with Gasteiger partial charge in [-0.15, -0.1) is 6.58 Å². The summed E-state index contributed by atoms with van der Waals surface area (Å²) in [4.78, 5) is 0. The smallest absolute Gasteiger partial charge is 0.0198 e. The maximum Gasteiger partial charge on any atom is 0.0198 e. The molecule has 1 fully saturated rings. The van der Waals surface area contributed by atoms with Gasteiger partial charge in [0.05, 0.1) is 0 Å². The average Bonchev–Trinajstić information content (AvgIpc) is 2.77. The van der Waals surface area contributed by atoms with E-state index in [-0.39, 0.29) is 5.41 Å². The second kappa shape index (κ2) is 2.22. The van der Waals surface area contributed by atoms with Crippen molar-refractivity contribution in [3.63, 3.8) is 0 Å². The summed E-state index contributed by atoms with van der Waals surface area (Å²) >= 11 is 0. The molecule has 2 aliphatic carbocycles. The van der Waals surface area contributed by atoms with Crippen LogP contribution in [0.15, 0.2) is 48.6 Å². The number of fused-ring (bicyclic) bond motifs is 1. The van der Waals surface area contributed by atoms with Gasteiger partial charge in [-0.1, -0.05) is 36.5 Å². The minimum atomic E-state index is 0.265. The summed E-state index contributed by atoms with van der Waals surface area (Å²) in [6, 6.07) is 0. The Kier molecular flexibility index (Phi) is 1.41. The normalized spacial score (nSPS) is 37.6. The molecule has 0 radical (unpaired) electrons. The molecular formula is C12H14. The van der Waals surface area contributed by atoms with E-state index in [4.69, 9.17) is 0 Å². The van der Waals surface area contributed by atoms with Gasteiger partial charge < -0.3 is 0 Å². The van der Waals surface area contributed by atoms with E-state index in [1.54, 1.807) is 0 Å². The lowest BCUT2D eigenvalue weighted by atomic mass is 9.87. The summed E-state index contributed by atoms with van der Waals surface area (Å²) < 4.78 is 0. The maximum atomic E-state index is 3.90. The Morgan fingerprint density at radius 2 is 2.33 bits per heavy atom. The molecule has 12 heavy (non-hydrogen) atoms. The van der Waals surface area contributed by atoms with E-state index in [0.29, 0.717) is 5.92 Å². The lowest BCUT2D eigenvalue weighted by molar-refractivity contribution is 0.740. The van der Waals surface area contributed by atoms with Gasteiger partial charge in [0.1, 0.15) is 0 Å². The topological polar surface area (TPSA) is 0 Å². The Hall–Kier alpha value is -1.04. The van der Waals surface area contributed by atoms with Gasteiger partial charge in [-0.25, -0.2) is 0 Å². The first-order valence-electron chi connectivity index (χ1n) is 4.39. The molecule has 0 heteroatoms. The zero-order valence-electron chi connectivity index (χ0n) is 7.51. The van der Waals surface area contributed by atoms with E-state index < -0.39 is 0 Å². The Balaban J connectivity index is 2.44. The molecule has 2 aliphatic rings. The molecule has 62 valence electrons. The van der Waals surface area contributed by atoms with E-state index in [0.717, 1.165) is 0 Å². The second-order valence-electron chi connectivity index (χ2n) is 3.77. The van der Waals surface area contributed by atoms with Gasteiger partial charge >= 0.3 is 0 Å². The second-order valence-corrected chi connectivity index (χ2v) is 3.77. The first-order valence-corrected chi connectivity index (χ1v) is 4.39. The van der Waals surface area contributed by atoms with Crippen LogP contribution in [0.1, 0.15) is 13.3 Å². The van der Waals surface area contributed by atoms with Crippen LogP contribution in [0.25, 0.3) is 0 Å². The molecule has 0 nitrogen and oxygen atoms in total. The van der Waals surface area contributed by atoms with Gasteiger partial charge in [0.15, 0.2) is 0 Å². The van der Waals surface area contributed by atoms with E-state index >= 15 is 0 Å². The van der Waals surface area contributed by atoms with Crippen molar-refractivity contribution in [2.75, 3.05) is 0 Å². The molecule has 0 saturated heterocycles. The number of hydrogen-bond donors (Lipinski definition) is 0. The summed E-state index contributed by atoms with van der Waals surface area (Å²) in [6.07, 6.45) is 9.84. The quantitative estimate of drug-likeness (QED) is 0.541. The van der Waals surface area contributed by atoms with Crippen molar-refractivity contribution in [3.8, 4) is 0 Å². The Bertz CT molecular complexity index is 304. The van der Waals surface area contributed by atoms with E-state index in [2.05, 4.69) is 38.3 Å². The van der Waals surface area contributed by atoms with Gasteiger partial charge in [-0.2, -0.15) is 0 Å². The van der Waals surface area contributed by atoms with Crippen LogP contribution in [0.4, 0.5) is 0 Å². The highest BCUT2D eigenvalue weighted by Crippen LogP contribution is 2.62. The van der Waals surface area contributed by atoms with Gasteiger partial charge in [-0.3, -0.25) is 0 Å². The lowest BCUT2D eigenvalue weighted by Gasteiger charge is -2.17. The van der Waals surface area contributed by atoms with Crippen LogP contribution in [0.3, 0.4) is 0 Å². The van der Waals surface area contributed by atoms with Crippen molar-refractivity contribution in [1.29, 1.82) is 0 Å². The highest BCUT2D eigenvalue weighted by Gasteiger charge is 2.53. The highest BCUT2D eigenvalue weighted by atomic mass is 14.6. The number of hydrogen-bond acceptors (Lipinski definition) is 0. The predicted octanol–water partition coefficient (Wildman–Crippen LogP) is 3.25. The van der Waals surface area contributed by atoms with E-state index in [1.807, 2.05) is 6.08 Å². The van der Waals surface area contributed by atoms with Crippen LogP contribution in [0.2, 0.25) is 0 Å². The summed E-state index contributed by atoms with van der Waals surface area (Å²) in [5.41, 5.74) is 2.98. The van der Waals surface area contributed by atoms with Gasteiger partial charge in [0.25, 0.3) is 0 Å². The molecule has 0 N–H and O–H groups in total. The van der Waals surface area contributed by atoms with Crippen LogP contribution < -0.4 is 0 Å². The monoisotopic (exact) mass is 158 g/mol. The van der Waals surface area contributed by atoms with Crippen molar-refractivity contribution >= 4 is 0 Å². The third-order valence-corrected chi connectivity index (χ3v) is 3.03. The predicted molar refractivity (Wildman–Crippen MR) is 52.8 cm³/mol. The van der Waals surface area contributed by atoms with Crippen LogP contribution in [-0.2, 0) is 0 Å². The third kappa shape index (κ3) is 0.781. The third-order valence-electron chi connectivity index (χ3n) is 3.03. The molecule has 0 amide bonds. The molecule has 2 unspecified atom stereocenters. The summed E-state index contributed by atoms with van der Waals surface area (Å²) in [5, 5.41) is 0. The SMILES string of the molecule is C=CC1=CC(C)=CC2CC12C=C. The van der Waals surface area contributed by atoms with Crippen LogP contribution >= 0.6 is 0 Å². The molecule has 0 aliphatic heterocycles. The molecular weight excluding hydrogens is 144 g/mol. The zero-order chi connectivity index (χ0) is 8.77. The van der Waals surface area contributed by atoms with Crippen LogP contribution in [0, 0.1) is 11.3 Å². The fourth-order valence-electron chi connectivity index (χ4n) is 2.19. The summed E-state index contributed by atoms with van der Waals surface area (Å²) in [6.45, 7) is 9.90. The van der Waals surface area contributed by atoms with Crippen molar-refractivity contribution in [2.45, 2.75) is 13.3 Å². The van der Waals surface area contributed by atoms with Gasteiger partial charge in [0.2, 0.25) is 0 Å². The number of allylic oxidation sites excluding steroid dienone is 6. The molecule has 1 saturated carbocycles. The molecule has 0 aromatic heterocycles. The molecule has 0 heterocycles. The lowest BCUT2D eigenvalue weighted by Crippen LogP contribution is -2.05. The first-order chi connectivity index (χ1) is 5.73. The fraction of sp³-hybridized carbons (Fsp3) is 0.333. The van der Waals surface area contributed by atoms with Crippen molar-refractivity contribution in [1.82, 2.24) is 0 Å². The molecule has 0 aromatic carbocycles. The minimum Gasteiger partial charge on any atom is -0.102 e.